The Hall–Kier alpha value is -3.63. The van der Waals surface area contributed by atoms with Crippen LogP contribution in [0.3, 0.4) is 0 Å². The smallest absolute Gasteiger partial charge is 0.182 e. The van der Waals surface area contributed by atoms with Gasteiger partial charge in [-0.2, -0.15) is 0 Å². The summed E-state index contributed by atoms with van der Waals surface area (Å²) in [6.45, 7) is 1.17. The van der Waals surface area contributed by atoms with Crippen molar-refractivity contribution in [3.8, 4) is 5.75 Å². The highest BCUT2D eigenvalue weighted by Gasteiger charge is 2.12. The van der Waals surface area contributed by atoms with Crippen LogP contribution >= 0.6 is 0 Å². The Morgan fingerprint density at radius 1 is 0.774 bits per heavy atom. The third kappa shape index (κ3) is 3.66. The van der Waals surface area contributed by atoms with Crippen molar-refractivity contribution in [1.29, 1.82) is 0 Å². The van der Waals surface area contributed by atoms with Gasteiger partial charge < -0.3 is 14.7 Å². The van der Waals surface area contributed by atoms with Gasteiger partial charge in [0.2, 0.25) is 0 Å². The molecule has 0 aliphatic carbocycles. The molecule has 4 heteroatoms. The highest BCUT2D eigenvalue weighted by molar-refractivity contribution is 6.25. The molecule has 0 saturated heterocycles. The maximum absolute atomic E-state index is 12.9. The zero-order chi connectivity index (χ0) is 21.2. The Kier molecular flexibility index (Phi) is 5.14. The molecule has 0 aliphatic rings. The van der Waals surface area contributed by atoms with Gasteiger partial charge in [0, 0.05) is 12.7 Å². The number of methoxy groups -OCH3 is 1. The van der Waals surface area contributed by atoms with Gasteiger partial charge in [-0.1, -0.05) is 60.7 Å². The average molecular weight is 409 g/mol. The van der Waals surface area contributed by atoms with Crippen LogP contribution in [0, 0.1) is 5.21 Å². The minimum atomic E-state index is 0.213. The predicted molar refractivity (Wildman–Crippen MR) is 126 cm³/mol. The van der Waals surface area contributed by atoms with E-state index in [2.05, 4.69) is 48.5 Å². The summed E-state index contributed by atoms with van der Waals surface area (Å²) in [7, 11) is 1.64. The van der Waals surface area contributed by atoms with E-state index in [-0.39, 0.29) is 6.54 Å². The lowest BCUT2D eigenvalue weighted by Gasteiger charge is -2.13. The topological polar surface area (TPSA) is 44.5 Å². The zero-order valence-corrected chi connectivity index (χ0v) is 17.4. The fraction of sp³-hybridized carbons (Fsp3) is 0.148. The van der Waals surface area contributed by atoms with E-state index in [9.17, 15) is 5.21 Å². The number of rotatable bonds is 7. The first-order chi connectivity index (χ1) is 15.2. The van der Waals surface area contributed by atoms with E-state index in [0.29, 0.717) is 19.0 Å². The van der Waals surface area contributed by atoms with Crippen molar-refractivity contribution in [1.82, 2.24) is 0 Å². The van der Waals surface area contributed by atoms with Gasteiger partial charge in [0.15, 0.2) is 12.8 Å². The lowest BCUT2D eigenvalue weighted by atomic mass is 9.92. The third-order valence-corrected chi connectivity index (χ3v) is 5.69. The molecule has 0 aromatic heterocycles. The normalized spacial score (nSPS) is 12.2. The van der Waals surface area contributed by atoms with Crippen molar-refractivity contribution in [3.63, 3.8) is 0 Å². The molecular weight excluding hydrogens is 386 g/mol. The summed E-state index contributed by atoms with van der Waals surface area (Å²) in [5, 5.41) is 20.1. The summed E-state index contributed by atoms with van der Waals surface area (Å²) >= 11 is 0. The van der Waals surface area contributed by atoms with Crippen molar-refractivity contribution in [2.45, 2.75) is 6.54 Å². The first-order valence-electron chi connectivity index (χ1n) is 10.4. The summed E-state index contributed by atoms with van der Waals surface area (Å²) in [5.41, 5.74) is 1.76. The molecule has 0 unspecified atom stereocenters. The Bertz CT molecular complexity index is 1370. The SMILES string of the molecule is COCCOc1ccccc1C/[N+]([O-])=C/c1ccc2ccc3cccc4ccc1c2c34. The second-order valence-electron chi connectivity index (χ2n) is 7.66. The van der Waals surface area contributed by atoms with E-state index in [1.807, 2.05) is 30.3 Å². The van der Waals surface area contributed by atoms with Crippen LogP contribution in [0.25, 0.3) is 32.3 Å². The average Bonchev–Trinajstić information content (AvgIpc) is 2.80. The molecule has 0 spiro atoms. The molecule has 0 amide bonds. The monoisotopic (exact) mass is 409 g/mol. The van der Waals surface area contributed by atoms with Crippen molar-refractivity contribution >= 4 is 38.5 Å². The molecule has 0 atom stereocenters. The predicted octanol–water partition coefficient (Wildman–Crippen LogP) is 5.74. The number of hydrogen-bond donors (Lipinski definition) is 0. The number of hydrogen-bond acceptors (Lipinski definition) is 3. The third-order valence-electron chi connectivity index (χ3n) is 5.69. The molecule has 0 saturated carbocycles. The quantitative estimate of drug-likeness (QED) is 0.0860. The van der Waals surface area contributed by atoms with Gasteiger partial charge in [-0.25, -0.2) is 4.74 Å². The summed E-state index contributed by atoms with van der Waals surface area (Å²) in [6.07, 6.45) is 1.68. The van der Waals surface area contributed by atoms with Crippen LogP contribution in [0.2, 0.25) is 0 Å². The van der Waals surface area contributed by atoms with Crippen LogP contribution in [0.4, 0.5) is 0 Å². The molecule has 0 bridgehead atoms. The minimum absolute atomic E-state index is 0.213. The van der Waals surface area contributed by atoms with E-state index in [1.54, 1.807) is 13.3 Å². The Balaban J connectivity index is 1.53. The summed E-state index contributed by atoms with van der Waals surface area (Å²) in [6, 6.07) is 26.7. The first kappa shape index (κ1) is 19.3. The maximum Gasteiger partial charge on any atom is 0.182 e. The van der Waals surface area contributed by atoms with Crippen LogP contribution in [-0.2, 0) is 11.3 Å². The van der Waals surface area contributed by atoms with Crippen molar-refractivity contribution in [2.75, 3.05) is 20.3 Å². The summed E-state index contributed by atoms with van der Waals surface area (Å²) in [5.74, 6) is 0.712. The van der Waals surface area contributed by atoms with E-state index in [1.165, 1.54) is 26.9 Å². The molecule has 5 aromatic carbocycles. The second-order valence-corrected chi connectivity index (χ2v) is 7.66. The number of para-hydroxylation sites is 1. The van der Waals surface area contributed by atoms with Crippen LogP contribution in [0.5, 0.6) is 5.75 Å². The molecule has 0 aliphatic heterocycles. The van der Waals surface area contributed by atoms with Gasteiger partial charge in [-0.05, 0) is 50.5 Å². The number of hydroxylamine groups is 1. The van der Waals surface area contributed by atoms with Crippen LogP contribution in [0.15, 0.2) is 78.9 Å². The molecular formula is C27H23NO3. The van der Waals surface area contributed by atoms with Crippen molar-refractivity contribution in [2.24, 2.45) is 0 Å². The highest BCUT2D eigenvalue weighted by atomic mass is 16.5. The Labute approximate surface area is 180 Å². The molecule has 4 nitrogen and oxygen atoms in total. The van der Waals surface area contributed by atoms with Gasteiger partial charge in [0.05, 0.1) is 12.2 Å². The van der Waals surface area contributed by atoms with Crippen LogP contribution < -0.4 is 4.74 Å². The van der Waals surface area contributed by atoms with E-state index < -0.39 is 0 Å². The summed E-state index contributed by atoms with van der Waals surface area (Å²) in [4.78, 5) is 0. The lowest BCUT2D eigenvalue weighted by Crippen LogP contribution is -2.10. The first-order valence-corrected chi connectivity index (χ1v) is 10.4. The molecule has 0 N–H and O–H groups in total. The molecule has 0 fully saturated rings. The number of benzene rings is 5. The summed E-state index contributed by atoms with van der Waals surface area (Å²) < 4.78 is 11.8. The fourth-order valence-corrected chi connectivity index (χ4v) is 4.25. The van der Waals surface area contributed by atoms with Crippen LogP contribution in [0.1, 0.15) is 11.1 Å². The van der Waals surface area contributed by atoms with Gasteiger partial charge in [-0.3, -0.25) is 0 Å². The second kappa shape index (κ2) is 8.25. The molecule has 0 radical (unpaired) electrons. The Morgan fingerprint density at radius 3 is 2.29 bits per heavy atom. The van der Waals surface area contributed by atoms with Crippen LogP contribution in [-0.4, -0.2) is 31.3 Å². The maximum atomic E-state index is 12.9. The van der Waals surface area contributed by atoms with Crippen molar-refractivity contribution < 1.29 is 14.2 Å². The van der Waals surface area contributed by atoms with E-state index >= 15 is 0 Å². The zero-order valence-electron chi connectivity index (χ0n) is 17.4. The standard InChI is InChI=1S/C27H23NO3/c1-30-15-16-31-25-8-3-2-5-23(25)18-28(29)17-22-12-11-21-10-9-19-6-4-7-20-13-14-24(22)27(21)26(19)20/h2-14,17H,15-16,18H2,1H3/b28-17-. The molecule has 31 heavy (non-hydrogen) atoms. The van der Waals surface area contributed by atoms with E-state index in [0.717, 1.165) is 21.3 Å². The molecule has 154 valence electrons. The van der Waals surface area contributed by atoms with Gasteiger partial charge >= 0.3 is 0 Å². The van der Waals surface area contributed by atoms with Crippen molar-refractivity contribution in [3.05, 3.63) is 95.2 Å². The minimum Gasteiger partial charge on any atom is -0.624 e. The highest BCUT2D eigenvalue weighted by Crippen LogP contribution is 2.35. The number of ether oxygens (including phenoxy) is 2. The van der Waals surface area contributed by atoms with E-state index in [4.69, 9.17) is 9.47 Å². The van der Waals surface area contributed by atoms with Gasteiger partial charge in [0.25, 0.3) is 0 Å². The molecule has 5 aromatic rings. The fourth-order valence-electron chi connectivity index (χ4n) is 4.25. The number of nitrogens with zero attached hydrogens (tertiary/aromatic N) is 1. The molecule has 0 heterocycles. The largest absolute Gasteiger partial charge is 0.624 e. The lowest BCUT2D eigenvalue weighted by molar-refractivity contribution is -0.469. The van der Waals surface area contributed by atoms with Gasteiger partial charge in [-0.15, -0.1) is 0 Å². The Morgan fingerprint density at radius 2 is 1.48 bits per heavy atom. The molecule has 5 rings (SSSR count). The van der Waals surface area contributed by atoms with Gasteiger partial charge in [0.1, 0.15) is 12.4 Å².